The molecule has 1 fully saturated rings. The van der Waals surface area contributed by atoms with E-state index in [4.69, 9.17) is 0 Å². The lowest BCUT2D eigenvalue weighted by molar-refractivity contribution is 0.0985. The Morgan fingerprint density at radius 3 is 2.77 bits per heavy atom. The Morgan fingerprint density at radius 2 is 1.92 bits per heavy atom. The monoisotopic (exact) mass is 346 g/mol. The van der Waals surface area contributed by atoms with Crippen LogP contribution in [0.5, 0.6) is 5.75 Å². The van der Waals surface area contributed by atoms with Crippen molar-refractivity contribution in [2.75, 3.05) is 20.1 Å². The number of hydrogen-bond donors (Lipinski definition) is 1. The first-order chi connectivity index (χ1) is 12.6. The van der Waals surface area contributed by atoms with E-state index in [0.717, 1.165) is 32.4 Å². The SMILES string of the molecule is CN1CCC2(c3cccc(O)c3)Cc3c(c4ccccc4n3C)CC2C1. The van der Waals surface area contributed by atoms with Crippen LogP contribution in [0.3, 0.4) is 0 Å². The highest BCUT2D eigenvalue weighted by Crippen LogP contribution is 2.49. The van der Waals surface area contributed by atoms with Crippen LogP contribution < -0.4 is 0 Å². The summed E-state index contributed by atoms with van der Waals surface area (Å²) < 4.78 is 2.41. The van der Waals surface area contributed by atoms with Crippen LogP contribution in [0, 0.1) is 5.92 Å². The minimum Gasteiger partial charge on any atom is -0.508 e. The van der Waals surface area contributed by atoms with Crippen molar-refractivity contribution in [2.45, 2.75) is 24.7 Å². The molecule has 2 aromatic carbocycles. The molecule has 3 heteroatoms. The Morgan fingerprint density at radius 1 is 1.08 bits per heavy atom. The molecule has 5 rings (SSSR count). The van der Waals surface area contributed by atoms with Crippen molar-refractivity contribution in [1.82, 2.24) is 9.47 Å². The molecule has 2 aliphatic rings. The molecule has 0 spiro atoms. The van der Waals surface area contributed by atoms with Crippen molar-refractivity contribution in [1.29, 1.82) is 0 Å². The Kier molecular flexibility index (Phi) is 3.45. The Labute approximate surface area is 154 Å². The highest BCUT2D eigenvalue weighted by Gasteiger charge is 2.47. The molecule has 3 nitrogen and oxygen atoms in total. The van der Waals surface area contributed by atoms with Crippen LogP contribution in [-0.4, -0.2) is 34.7 Å². The molecular formula is C23H26N2O. The molecule has 2 unspecified atom stereocenters. The van der Waals surface area contributed by atoms with E-state index in [1.165, 1.54) is 22.2 Å². The number of phenolic OH excluding ortho intramolecular Hbond substituents is 1. The molecule has 0 bridgehead atoms. The summed E-state index contributed by atoms with van der Waals surface area (Å²) in [5, 5.41) is 11.6. The van der Waals surface area contributed by atoms with Gasteiger partial charge in [0.2, 0.25) is 0 Å². The van der Waals surface area contributed by atoms with Crippen molar-refractivity contribution < 1.29 is 5.11 Å². The first kappa shape index (κ1) is 16.0. The van der Waals surface area contributed by atoms with E-state index >= 15 is 0 Å². The molecule has 0 saturated carbocycles. The quantitative estimate of drug-likeness (QED) is 0.724. The van der Waals surface area contributed by atoms with Gasteiger partial charge in [0.15, 0.2) is 0 Å². The number of nitrogens with zero attached hydrogens (tertiary/aromatic N) is 2. The molecule has 26 heavy (non-hydrogen) atoms. The summed E-state index contributed by atoms with van der Waals surface area (Å²) in [4.78, 5) is 2.47. The maximum atomic E-state index is 10.1. The molecule has 1 aliphatic carbocycles. The van der Waals surface area contributed by atoms with Gasteiger partial charge in [-0.3, -0.25) is 0 Å². The maximum absolute atomic E-state index is 10.1. The lowest BCUT2D eigenvalue weighted by Crippen LogP contribution is -2.52. The Balaban J connectivity index is 1.72. The van der Waals surface area contributed by atoms with Crippen LogP contribution in [0.1, 0.15) is 23.2 Å². The van der Waals surface area contributed by atoms with Gasteiger partial charge in [-0.25, -0.2) is 0 Å². The first-order valence-corrected chi connectivity index (χ1v) is 9.62. The van der Waals surface area contributed by atoms with E-state index in [9.17, 15) is 5.11 Å². The lowest BCUT2D eigenvalue weighted by atomic mass is 9.59. The van der Waals surface area contributed by atoms with Gasteiger partial charge in [0, 0.05) is 35.6 Å². The maximum Gasteiger partial charge on any atom is 0.115 e. The van der Waals surface area contributed by atoms with E-state index in [2.05, 4.69) is 53.9 Å². The molecule has 1 aromatic heterocycles. The minimum absolute atomic E-state index is 0.125. The number of aromatic hydroxyl groups is 1. The van der Waals surface area contributed by atoms with E-state index in [-0.39, 0.29) is 5.41 Å². The number of fused-ring (bicyclic) bond motifs is 4. The Hall–Kier alpha value is -2.26. The number of rotatable bonds is 1. The summed E-state index contributed by atoms with van der Waals surface area (Å²) in [5.41, 5.74) is 5.80. The predicted octanol–water partition coefficient (Wildman–Crippen LogP) is 3.87. The van der Waals surface area contributed by atoms with E-state index < -0.39 is 0 Å². The molecule has 1 aliphatic heterocycles. The van der Waals surface area contributed by atoms with Gasteiger partial charge in [-0.05, 0) is 68.1 Å². The van der Waals surface area contributed by atoms with Gasteiger partial charge in [0.05, 0.1) is 0 Å². The van der Waals surface area contributed by atoms with Crippen molar-refractivity contribution in [3.8, 4) is 5.75 Å². The molecule has 2 heterocycles. The second kappa shape index (κ2) is 5.62. The fourth-order valence-corrected chi connectivity index (χ4v) is 5.55. The molecule has 134 valence electrons. The van der Waals surface area contributed by atoms with Crippen molar-refractivity contribution >= 4 is 10.9 Å². The highest BCUT2D eigenvalue weighted by molar-refractivity contribution is 5.86. The average molecular weight is 346 g/mol. The second-order valence-corrected chi connectivity index (χ2v) is 8.30. The zero-order chi connectivity index (χ0) is 17.9. The normalized spacial score (nSPS) is 25.8. The largest absolute Gasteiger partial charge is 0.508 e. The summed E-state index contributed by atoms with van der Waals surface area (Å²) in [6, 6.07) is 16.8. The molecule has 1 saturated heterocycles. The molecular weight excluding hydrogens is 320 g/mol. The van der Waals surface area contributed by atoms with Gasteiger partial charge < -0.3 is 14.6 Å². The lowest BCUT2D eigenvalue weighted by Gasteiger charge is -2.50. The Bertz CT molecular complexity index is 989. The predicted molar refractivity (Wildman–Crippen MR) is 106 cm³/mol. The summed E-state index contributed by atoms with van der Waals surface area (Å²) in [6.45, 7) is 2.24. The van der Waals surface area contributed by atoms with Gasteiger partial charge in [0.1, 0.15) is 5.75 Å². The van der Waals surface area contributed by atoms with Crippen LogP contribution in [0.2, 0.25) is 0 Å². The summed E-state index contributed by atoms with van der Waals surface area (Å²) in [6.07, 6.45) is 3.34. The zero-order valence-corrected chi connectivity index (χ0v) is 15.6. The number of phenols is 1. The number of aryl methyl sites for hydroxylation is 1. The number of para-hydroxylation sites is 1. The fraction of sp³-hybridized carbons (Fsp3) is 0.391. The average Bonchev–Trinajstić information content (AvgIpc) is 2.92. The van der Waals surface area contributed by atoms with Gasteiger partial charge in [-0.1, -0.05) is 30.3 Å². The van der Waals surface area contributed by atoms with Crippen molar-refractivity contribution in [3.63, 3.8) is 0 Å². The molecule has 2 atom stereocenters. The summed E-state index contributed by atoms with van der Waals surface area (Å²) >= 11 is 0. The standard InChI is InChI=1S/C23H26N2O/c1-24-11-10-23(16-6-5-7-18(26)12-16)14-22-20(13-17(23)15-24)19-8-3-4-9-21(19)25(22)2/h3-9,12,17,26H,10-11,13-15H2,1-2H3. The number of piperidine rings is 1. The minimum atomic E-state index is 0.125. The topological polar surface area (TPSA) is 28.4 Å². The molecule has 3 aromatic rings. The summed E-state index contributed by atoms with van der Waals surface area (Å²) in [7, 11) is 4.46. The van der Waals surface area contributed by atoms with Gasteiger partial charge in [0.25, 0.3) is 0 Å². The van der Waals surface area contributed by atoms with Crippen LogP contribution >= 0.6 is 0 Å². The van der Waals surface area contributed by atoms with E-state index in [1.807, 2.05) is 12.1 Å². The first-order valence-electron chi connectivity index (χ1n) is 9.62. The number of aromatic nitrogens is 1. The van der Waals surface area contributed by atoms with Gasteiger partial charge in [-0.15, -0.1) is 0 Å². The van der Waals surface area contributed by atoms with Crippen molar-refractivity contribution in [3.05, 3.63) is 65.4 Å². The van der Waals surface area contributed by atoms with Crippen LogP contribution in [0.25, 0.3) is 10.9 Å². The third-order valence-electron chi connectivity index (χ3n) is 6.95. The molecule has 1 N–H and O–H groups in total. The molecule has 0 radical (unpaired) electrons. The van der Waals surface area contributed by atoms with Crippen LogP contribution in [0.15, 0.2) is 48.5 Å². The van der Waals surface area contributed by atoms with Crippen LogP contribution in [0.4, 0.5) is 0 Å². The highest BCUT2D eigenvalue weighted by atomic mass is 16.3. The summed E-state index contributed by atoms with van der Waals surface area (Å²) in [5.74, 6) is 0.971. The van der Waals surface area contributed by atoms with Crippen LogP contribution in [-0.2, 0) is 25.3 Å². The van der Waals surface area contributed by atoms with E-state index in [1.54, 1.807) is 11.6 Å². The third kappa shape index (κ3) is 2.16. The van der Waals surface area contributed by atoms with E-state index in [0.29, 0.717) is 11.7 Å². The number of benzene rings is 2. The molecule has 0 amide bonds. The van der Waals surface area contributed by atoms with Gasteiger partial charge in [-0.2, -0.15) is 0 Å². The number of likely N-dealkylation sites (tertiary alicyclic amines) is 1. The third-order valence-corrected chi connectivity index (χ3v) is 6.95. The smallest absolute Gasteiger partial charge is 0.115 e. The fourth-order valence-electron chi connectivity index (χ4n) is 5.55. The second-order valence-electron chi connectivity index (χ2n) is 8.30. The number of hydrogen-bond acceptors (Lipinski definition) is 2. The zero-order valence-electron chi connectivity index (χ0n) is 15.6. The van der Waals surface area contributed by atoms with Gasteiger partial charge >= 0.3 is 0 Å². The van der Waals surface area contributed by atoms with Crippen molar-refractivity contribution in [2.24, 2.45) is 13.0 Å².